The fraction of sp³-hybridized carbons (Fsp3) is 0.136. The molecule has 2 amide bonds. The summed E-state index contributed by atoms with van der Waals surface area (Å²) in [6.07, 6.45) is 1.93. The van der Waals surface area contributed by atoms with Gasteiger partial charge in [-0.25, -0.2) is 4.98 Å². The fourth-order valence-electron chi connectivity index (χ4n) is 3.53. The number of benzene rings is 2. The summed E-state index contributed by atoms with van der Waals surface area (Å²) in [7, 11) is 0. The summed E-state index contributed by atoms with van der Waals surface area (Å²) < 4.78 is 0. The minimum atomic E-state index is -0.470. The van der Waals surface area contributed by atoms with Crippen molar-refractivity contribution in [3.63, 3.8) is 0 Å². The summed E-state index contributed by atoms with van der Waals surface area (Å²) in [5.41, 5.74) is 1.44. The van der Waals surface area contributed by atoms with Crippen molar-refractivity contribution >= 4 is 29.0 Å². The van der Waals surface area contributed by atoms with Crippen molar-refractivity contribution in [2.75, 3.05) is 18.0 Å². The number of hydrogen-bond donors (Lipinski definition) is 0. The van der Waals surface area contributed by atoms with Gasteiger partial charge >= 0.3 is 5.69 Å². The zero-order valence-electron chi connectivity index (χ0n) is 16.0. The van der Waals surface area contributed by atoms with E-state index >= 15 is 0 Å². The first-order chi connectivity index (χ1) is 14.6. The average Bonchev–Trinajstić information content (AvgIpc) is 3.02. The number of rotatable bonds is 7. The van der Waals surface area contributed by atoms with Gasteiger partial charge in [-0.1, -0.05) is 30.3 Å². The normalized spacial score (nSPS) is 12.7. The minimum Gasteiger partial charge on any atom is -0.321 e. The van der Waals surface area contributed by atoms with E-state index in [-0.39, 0.29) is 29.9 Å². The maximum absolute atomic E-state index is 12.6. The highest BCUT2D eigenvalue weighted by molar-refractivity contribution is 6.21. The summed E-state index contributed by atoms with van der Waals surface area (Å²) in [6, 6.07) is 18.9. The monoisotopic (exact) mass is 402 g/mol. The topological polar surface area (TPSA) is 96.7 Å². The van der Waals surface area contributed by atoms with Gasteiger partial charge in [0.05, 0.1) is 16.1 Å². The lowest BCUT2D eigenvalue weighted by molar-refractivity contribution is -0.384. The van der Waals surface area contributed by atoms with Crippen LogP contribution in [0.5, 0.6) is 0 Å². The lowest BCUT2D eigenvalue weighted by atomic mass is 10.1. The Labute approximate surface area is 172 Å². The van der Waals surface area contributed by atoms with Crippen LogP contribution in [0, 0.1) is 10.1 Å². The lowest BCUT2D eigenvalue weighted by Gasteiger charge is -2.24. The molecule has 2 heterocycles. The van der Waals surface area contributed by atoms with Gasteiger partial charge in [0.25, 0.3) is 11.8 Å². The Hall–Kier alpha value is -4.07. The number of nitro groups is 1. The van der Waals surface area contributed by atoms with Crippen LogP contribution in [0.2, 0.25) is 0 Å². The van der Waals surface area contributed by atoms with Crippen LogP contribution in [0.3, 0.4) is 0 Å². The molecule has 0 saturated carbocycles. The minimum absolute atomic E-state index is 0.109. The predicted octanol–water partition coefficient (Wildman–Crippen LogP) is 3.81. The van der Waals surface area contributed by atoms with Gasteiger partial charge in [-0.05, 0) is 36.8 Å². The second kappa shape index (κ2) is 8.12. The zero-order valence-corrected chi connectivity index (χ0v) is 16.0. The fourth-order valence-corrected chi connectivity index (χ4v) is 3.53. The van der Waals surface area contributed by atoms with Gasteiger partial charge in [0.2, 0.25) is 5.82 Å². The Kier molecular flexibility index (Phi) is 5.21. The molecule has 8 nitrogen and oxygen atoms in total. The molecule has 1 aromatic heterocycles. The number of fused-ring (bicyclic) bond motifs is 1. The third-order valence-electron chi connectivity index (χ3n) is 4.93. The first-order valence-electron chi connectivity index (χ1n) is 9.45. The molecular formula is C22H18N4O4. The van der Waals surface area contributed by atoms with Gasteiger partial charge in [0.15, 0.2) is 0 Å². The van der Waals surface area contributed by atoms with Crippen molar-refractivity contribution in [2.24, 2.45) is 0 Å². The second-order valence-corrected chi connectivity index (χ2v) is 6.75. The molecule has 4 rings (SSSR count). The maximum atomic E-state index is 12.6. The van der Waals surface area contributed by atoms with E-state index in [9.17, 15) is 19.7 Å². The molecule has 8 heteroatoms. The van der Waals surface area contributed by atoms with E-state index < -0.39 is 4.92 Å². The lowest BCUT2D eigenvalue weighted by Crippen LogP contribution is -2.33. The van der Waals surface area contributed by atoms with E-state index in [1.165, 1.54) is 23.2 Å². The van der Waals surface area contributed by atoms with Gasteiger partial charge in [0, 0.05) is 31.0 Å². The number of para-hydroxylation sites is 1. The Morgan fingerprint density at radius 1 is 0.900 bits per heavy atom. The summed E-state index contributed by atoms with van der Waals surface area (Å²) in [5, 5.41) is 11.5. The number of carbonyl (C=O) groups is 2. The highest BCUT2D eigenvalue weighted by Gasteiger charge is 2.34. The summed E-state index contributed by atoms with van der Waals surface area (Å²) in [5.74, 6) is -0.410. The molecule has 0 atom stereocenters. The van der Waals surface area contributed by atoms with Crippen molar-refractivity contribution in [1.82, 2.24) is 9.88 Å². The van der Waals surface area contributed by atoms with Crippen LogP contribution in [0.1, 0.15) is 27.1 Å². The Balaban J connectivity index is 1.55. The molecule has 1 aliphatic rings. The largest absolute Gasteiger partial charge is 0.321 e. The number of nitrogens with zero attached hydrogens (tertiary/aromatic N) is 4. The molecule has 1 aliphatic heterocycles. The molecule has 3 aromatic rings. The maximum Gasteiger partial charge on any atom is 0.311 e. The van der Waals surface area contributed by atoms with Crippen molar-refractivity contribution < 1.29 is 14.5 Å². The van der Waals surface area contributed by atoms with Gasteiger partial charge in [0.1, 0.15) is 0 Å². The summed E-state index contributed by atoms with van der Waals surface area (Å²) in [6.45, 7) is 0.547. The Morgan fingerprint density at radius 3 is 2.17 bits per heavy atom. The number of carbonyl (C=O) groups excluding carboxylic acids is 2. The smallest absolute Gasteiger partial charge is 0.311 e. The molecule has 0 spiro atoms. The third-order valence-corrected chi connectivity index (χ3v) is 4.93. The molecule has 0 bridgehead atoms. The summed E-state index contributed by atoms with van der Waals surface area (Å²) >= 11 is 0. The molecule has 0 fully saturated rings. The van der Waals surface area contributed by atoms with E-state index in [0.717, 1.165) is 5.69 Å². The molecule has 0 N–H and O–H groups in total. The van der Waals surface area contributed by atoms with E-state index in [0.29, 0.717) is 24.1 Å². The second-order valence-electron chi connectivity index (χ2n) is 6.75. The first kappa shape index (κ1) is 19.3. The van der Waals surface area contributed by atoms with Crippen LogP contribution < -0.4 is 4.90 Å². The number of aromatic nitrogens is 1. The molecule has 30 heavy (non-hydrogen) atoms. The van der Waals surface area contributed by atoms with E-state index in [1.807, 2.05) is 30.3 Å². The molecule has 150 valence electrons. The highest BCUT2D eigenvalue weighted by Crippen LogP contribution is 2.31. The number of amides is 2. The standard InChI is InChI=1S/C22H18N4O4/c27-21-17-10-4-5-11-18(17)22(28)25(21)15-7-14-24(16-8-2-1-3-9-16)20-19(26(29)30)12-6-13-23-20/h1-6,8-13H,7,14-15H2. The first-order valence-corrected chi connectivity index (χ1v) is 9.45. The molecule has 2 aromatic carbocycles. The van der Waals surface area contributed by atoms with Crippen molar-refractivity contribution in [1.29, 1.82) is 0 Å². The van der Waals surface area contributed by atoms with Crippen LogP contribution in [0.4, 0.5) is 17.2 Å². The predicted molar refractivity (Wildman–Crippen MR) is 111 cm³/mol. The van der Waals surface area contributed by atoms with Gasteiger partial charge in [-0.2, -0.15) is 0 Å². The molecule has 0 unspecified atom stereocenters. The van der Waals surface area contributed by atoms with Crippen molar-refractivity contribution in [3.8, 4) is 0 Å². The van der Waals surface area contributed by atoms with Gasteiger partial charge < -0.3 is 4.90 Å². The van der Waals surface area contributed by atoms with Crippen LogP contribution in [-0.2, 0) is 0 Å². The van der Waals surface area contributed by atoms with Crippen molar-refractivity contribution in [2.45, 2.75) is 6.42 Å². The van der Waals surface area contributed by atoms with Crippen LogP contribution >= 0.6 is 0 Å². The van der Waals surface area contributed by atoms with Gasteiger partial charge in [-0.3, -0.25) is 24.6 Å². The summed E-state index contributed by atoms with van der Waals surface area (Å²) in [4.78, 5) is 43.3. The van der Waals surface area contributed by atoms with E-state index in [2.05, 4.69) is 4.98 Å². The number of anilines is 2. The van der Waals surface area contributed by atoms with Gasteiger partial charge in [-0.15, -0.1) is 0 Å². The number of hydrogen-bond acceptors (Lipinski definition) is 6. The van der Waals surface area contributed by atoms with Crippen molar-refractivity contribution in [3.05, 3.63) is 94.2 Å². The Morgan fingerprint density at radius 2 is 1.53 bits per heavy atom. The number of pyridine rings is 1. The van der Waals surface area contributed by atoms with Crippen LogP contribution in [0.15, 0.2) is 72.9 Å². The van der Waals surface area contributed by atoms with E-state index in [1.54, 1.807) is 29.2 Å². The quantitative estimate of drug-likeness (QED) is 0.339. The molecular weight excluding hydrogens is 384 g/mol. The molecule has 0 radical (unpaired) electrons. The number of imide groups is 1. The highest BCUT2D eigenvalue weighted by atomic mass is 16.6. The van der Waals surface area contributed by atoms with Crippen LogP contribution in [0.25, 0.3) is 0 Å². The molecule has 0 aliphatic carbocycles. The SMILES string of the molecule is O=C1c2ccccc2C(=O)N1CCCN(c1ccccc1)c1ncccc1[N+](=O)[O-]. The van der Waals surface area contributed by atoms with E-state index in [4.69, 9.17) is 0 Å². The average molecular weight is 402 g/mol. The molecule has 0 saturated heterocycles. The zero-order chi connectivity index (χ0) is 21.1. The third kappa shape index (κ3) is 3.50. The van der Waals surface area contributed by atoms with Crippen LogP contribution in [-0.4, -0.2) is 39.7 Å². The Bertz CT molecular complexity index is 1080.